The third kappa shape index (κ3) is 4.46. The third-order valence-electron chi connectivity index (χ3n) is 11.2. The van der Waals surface area contributed by atoms with Crippen LogP contribution in [0.15, 0.2) is 11.6 Å². The van der Waals surface area contributed by atoms with E-state index in [1.165, 1.54) is 24.8 Å². The number of allylic oxidation sites excluding steroid dienone is 1. The molecular formula is C31H48O4. The summed E-state index contributed by atoms with van der Waals surface area (Å²) in [6.07, 6.45) is 11.5. The van der Waals surface area contributed by atoms with Crippen molar-refractivity contribution < 1.29 is 19.1 Å². The van der Waals surface area contributed by atoms with Gasteiger partial charge < -0.3 is 4.74 Å². The van der Waals surface area contributed by atoms with E-state index in [-0.39, 0.29) is 34.6 Å². The summed E-state index contributed by atoms with van der Waals surface area (Å²) in [6, 6.07) is 0. The topological polar surface area (TPSA) is 60.4 Å². The van der Waals surface area contributed by atoms with Crippen molar-refractivity contribution >= 4 is 17.5 Å². The minimum atomic E-state index is -0.689. The van der Waals surface area contributed by atoms with E-state index in [4.69, 9.17) is 4.74 Å². The fraction of sp³-hybridized carbons (Fsp3) is 0.839. The number of carbonyl (C=O) groups is 3. The molecule has 3 saturated carbocycles. The van der Waals surface area contributed by atoms with E-state index in [9.17, 15) is 14.4 Å². The lowest BCUT2D eigenvalue weighted by Crippen LogP contribution is -2.51. The van der Waals surface area contributed by atoms with Gasteiger partial charge in [0.2, 0.25) is 0 Å². The Balaban J connectivity index is 1.45. The molecule has 0 radical (unpaired) electrons. The lowest BCUT2D eigenvalue weighted by Gasteiger charge is -2.58. The number of fused-ring (bicyclic) bond motifs is 5. The fourth-order valence-corrected chi connectivity index (χ4v) is 9.01. The molecule has 4 aliphatic rings. The Labute approximate surface area is 213 Å². The smallest absolute Gasteiger partial charge is 0.311 e. The first kappa shape index (κ1) is 26.6. The number of hydrogen-bond donors (Lipinski definition) is 0. The zero-order valence-corrected chi connectivity index (χ0v) is 23.5. The third-order valence-corrected chi connectivity index (χ3v) is 11.2. The van der Waals surface area contributed by atoms with Gasteiger partial charge in [0, 0.05) is 17.8 Å². The minimum absolute atomic E-state index is 0.0690. The quantitative estimate of drug-likeness (QED) is 0.298. The Morgan fingerprint density at radius 2 is 1.63 bits per heavy atom. The monoisotopic (exact) mass is 484 g/mol. The number of ether oxygens (including phenoxy) is 1. The van der Waals surface area contributed by atoms with E-state index in [1.807, 2.05) is 27.7 Å². The predicted molar refractivity (Wildman–Crippen MR) is 139 cm³/mol. The summed E-state index contributed by atoms with van der Waals surface area (Å²) in [5.74, 6) is 2.58. The van der Waals surface area contributed by atoms with Crippen molar-refractivity contribution in [3.63, 3.8) is 0 Å². The number of Topliss-reactive ketones (excluding diaryl/α,β-unsaturated/α-hetero) is 2. The molecule has 4 heteroatoms. The van der Waals surface area contributed by atoms with Gasteiger partial charge in [-0.2, -0.15) is 0 Å². The number of esters is 1. The molecule has 7 unspecified atom stereocenters. The van der Waals surface area contributed by atoms with E-state index in [0.29, 0.717) is 30.0 Å². The number of rotatable bonds is 6. The number of hydrogen-bond acceptors (Lipinski definition) is 4. The highest BCUT2D eigenvalue weighted by Crippen LogP contribution is 2.66. The maximum absolute atomic E-state index is 13.2. The summed E-state index contributed by atoms with van der Waals surface area (Å²) >= 11 is 0. The molecule has 4 nitrogen and oxygen atoms in total. The van der Waals surface area contributed by atoms with Crippen molar-refractivity contribution in [3.8, 4) is 0 Å². The molecule has 196 valence electrons. The van der Waals surface area contributed by atoms with Crippen LogP contribution < -0.4 is 0 Å². The second-order valence-electron chi connectivity index (χ2n) is 14.3. The molecule has 7 atom stereocenters. The molecular weight excluding hydrogens is 436 g/mol. The Kier molecular flexibility index (Phi) is 6.72. The van der Waals surface area contributed by atoms with Gasteiger partial charge in [-0.1, -0.05) is 39.3 Å². The molecule has 0 saturated heterocycles. The largest absolute Gasteiger partial charge is 0.462 e. The van der Waals surface area contributed by atoms with Gasteiger partial charge in [0.1, 0.15) is 17.7 Å². The van der Waals surface area contributed by atoms with Gasteiger partial charge >= 0.3 is 5.97 Å². The van der Waals surface area contributed by atoms with Crippen LogP contribution in [0, 0.1) is 45.3 Å². The van der Waals surface area contributed by atoms with Gasteiger partial charge in [-0.05, 0) is 108 Å². The number of carbonyl (C=O) groups excluding carboxylic acids is 3. The Morgan fingerprint density at radius 3 is 2.26 bits per heavy atom. The first-order chi connectivity index (χ1) is 16.1. The average molecular weight is 485 g/mol. The lowest BCUT2D eigenvalue weighted by atomic mass is 9.47. The van der Waals surface area contributed by atoms with Gasteiger partial charge in [-0.3, -0.25) is 14.4 Å². The van der Waals surface area contributed by atoms with Gasteiger partial charge in [0.25, 0.3) is 0 Å². The van der Waals surface area contributed by atoms with Crippen molar-refractivity contribution in [2.24, 2.45) is 45.3 Å². The summed E-state index contributed by atoms with van der Waals surface area (Å²) in [6.45, 7) is 15.9. The molecule has 0 aromatic rings. The highest BCUT2D eigenvalue weighted by molar-refractivity contribution is 5.83. The molecule has 0 heterocycles. The summed E-state index contributed by atoms with van der Waals surface area (Å²) in [5, 5.41) is 0. The van der Waals surface area contributed by atoms with E-state index < -0.39 is 10.8 Å². The molecule has 3 fully saturated rings. The fourth-order valence-electron chi connectivity index (χ4n) is 9.01. The van der Waals surface area contributed by atoms with Crippen LogP contribution >= 0.6 is 0 Å². The zero-order valence-electron chi connectivity index (χ0n) is 23.5. The normalized spacial score (nSPS) is 39.1. The van der Waals surface area contributed by atoms with Crippen molar-refractivity contribution in [1.82, 2.24) is 0 Å². The molecule has 35 heavy (non-hydrogen) atoms. The minimum Gasteiger partial charge on any atom is -0.462 e. The standard InChI is InChI=1S/C31H48O4/c1-19(32)24-11-12-25-23-10-9-21-17-22(13-15-30(21,7)26(23)14-16-31(24,25)8)35-27(34)29(5,6)18-28(3,4)20(2)33/h9,22-26H,10-18H2,1-8H3. The van der Waals surface area contributed by atoms with Crippen molar-refractivity contribution in [2.45, 2.75) is 119 Å². The molecule has 0 bridgehead atoms. The Hall–Kier alpha value is -1.45. The van der Waals surface area contributed by atoms with Crippen LogP contribution in [0.2, 0.25) is 0 Å². The summed E-state index contributed by atoms with van der Waals surface area (Å²) in [7, 11) is 0. The predicted octanol–water partition coefficient (Wildman–Crippen LogP) is 7.10. The maximum atomic E-state index is 13.2. The maximum Gasteiger partial charge on any atom is 0.311 e. The van der Waals surface area contributed by atoms with E-state index in [1.54, 1.807) is 13.8 Å². The van der Waals surface area contributed by atoms with Crippen LogP contribution in [0.1, 0.15) is 113 Å². The SMILES string of the molecule is CC(=O)C1CCC2C3CC=C4CC(OC(=O)C(C)(C)CC(C)(C)C(C)=O)CCC4(C)C3CCC12C. The highest BCUT2D eigenvalue weighted by atomic mass is 16.5. The van der Waals surface area contributed by atoms with Crippen LogP contribution in [0.5, 0.6) is 0 Å². The molecule has 0 aliphatic heterocycles. The van der Waals surface area contributed by atoms with Gasteiger partial charge in [0.15, 0.2) is 0 Å². The second-order valence-corrected chi connectivity index (χ2v) is 14.3. The first-order valence-electron chi connectivity index (χ1n) is 14.0. The van der Waals surface area contributed by atoms with Crippen molar-refractivity contribution in [1.29, 1.82) is 0 Å². The zero-order chi connectivity index (χ0) is 26.0. The van der Waals surface area contributed by atoms with Gasteiger partial charge in [-0.15, -0.1) is 0 Å². The van der Waals surface area contributed by atoms with Crippen LogP contribution in [0.25, 0.3) is 0 Å². The molecule has 0 aromatic heterocycles. The van der Waals surface area contributed by atoms with Crippen LogP contribution in [0.3, 0.4) is 0 Å². The Morgan fingerprint density at radius 1 is 0.943 bits per heavy atom. The molecule has 0 amide bonds. The molecule has 0 N–H and O–H groups in total. The van der Waals surface area contributed by atoms with E-state index in [0.717, 1.165) is 32.1 Å². The highest BCUT2D eigenvalue weighted by Gasteiger charge is 2.59. The molecule has 0 spiro atoms. The van der Waals surface area contributed by atoms with Crippen molar-refractivity contribution in [3.05, 3.63) is 11.6 Å². The van der Waals surface area contributed by atoms with Crippen LogP contribution in [0.4, 0.5) is 0 Å². The summed E-state index contributed by atoms with van der Waals surface area (Å²) in [4.78, 5) is 37.6. The van der Waals surface area contributed by atoms with Crippen molar-refractivity contribution in [2.75, 3.05) is 0 Å². The second kappa shape index (κ2) is 8.84. The Bertz CT molecular complexity index is 926. The van der Waals surface area contributed by atoms with Gasteiger partial charge in [-0.25, -0.2) is 0 Å². The molecule has 4 aliphatic carbocycles. The average Bonchev–Trinajstić information content (AvgIpc) is 3.10. The lowest BCUT2D eigenvalue weighted by molar-refractivity contribution is -0.164. The van der Waals surface area contributed by atoms with Crippen LogP contribution in [-0.2, 0) is 19.1 Å². The summed E-state index contributed by atoms with van der Waals surface area (Å²) < 4.78 is 6.11. The first-order valence-corrected chi connectivity index (χ1v) is 14.0. The number of ketones is 2. The van der Waals surface area contributed by atoms with E-state index >= 15 is 0 Å². The molecule has 0 aromatic carbocycles. The van der Waals surface area contributed by atoms with E-state index in [2.05, 4.69) is 19.9 Å². The summed E-state index contributed by atoms with van der Waals surface area (Å²) in [5.41, 5.74) is 0.639. The van der Waals surface area contributed by atoms with Crippen LogP contribution in [-0.4, -0.2) is 23.6 Å². The van der Waals surface area contributed by atoms with Gasteiger partial charge in [0.05, 0.1) is 5.41 Å². The molecule has 4 rings (SSSR count).